The summed E-state index contributed by atoms with van der Waals surface area (Å²) >= 11 is 1.39. The fourth-order valence-electron chi connectivity index (χ4n) is 2.19. The van der Waals surface area contributed by atoms with E-state index in [9.17, 15) is 0 Å². The van der Waals surface area contributed by atoms with E-state index >= 15 is 0 Å². The second-order valence-electron chi connectivity index (χ2n) is 5.05. The molecule has 3 aromatic rings. The van der Waals surface area contributed by atoms with Crippen molar-refractivity contribution in [3.05, 3.63) is 24.0 Å². The van der Waals surface area contributed by atoms with Crippen LogP contribution in [0.5, 0.6) is 11.5 Å². The van der Waals surface area contributed by atoms with Crippen LogP contribution in [0.25, 0.3) is 11.5 Å². The first kappa shape index (κ1) is 17.2. The van der Waals surface area contributed by atoms with Crippen LogP contribution >= 0.6 is 11.8 Å². The predicted molar refractivity (Wildman–Crippen MR) is 90.5 cm³/mol. The minimum atomic E-state index is 0.414. The van der Waals surface area contributed by atoms with Gasteiger partial charge in [0.2, 0.25) is 5.89 Å². The van der Waals surface area contributed by atoms with Crippen LogP contribution in [0, 0.1) is 0 Å². The standard InChI is InChI=1S/C15H18N6O3S/c1-4-7-21-13(16-19-20-21)9-25-15-18-17-14(24-15)10-5-6-11(22-2)12(8-10)23-3/h5-6,8H,4,7,9H2,1-3H3. The molecule has 0 radical (unpaired) electrons. The molecule has 2 aromatic heterocycles. The highest BCUT2D eigenvalue weighted by molar-refractivity contribution is 7.98. The summed E-state index contributed by atoms with van der Waals surface area (Å²) in [4.78, 5) is 0. The molecule has 0 saturated heterocycles. The van der Waals surface area contributed by atoms with Gasteiger partial charge in [-0.1, -0.05) is 18.7 Å². The van der Waals surface area contributed by atoms with Gasteiger partial charge in [-0.2, -0.15) is 0 Å². The number of hydrogen-bond donors (Lipinski definition) is 0. The van der Waals surface area contributed by atoms with E-state index in [-0.39, 0.29) is 0 Å². The van der Waals surface area contributed by atoms with Crippen LogP contribution in [0.4, 0.5) is 0 Å². The minimum Gasteiger partial charge on any atom is -0.493 e. The van der Waals surface area contributed by atoms with Gasteiger partial charge in [-0.15, -0.1) is 15.3 Å². The maximum Gasteiger partial charge on any atom is 0.277 e. The largest absolute Gasteiger partial charge is 0.493 e. The molecule has 1 aromatic carbocycles. The fraction of sp³-hybridized carbons (Fsp3) is 0.400. The van der Waals surface area contributed by atoms with E-state index in [1.165, 1.54) is 11.8 Å². The molecule has 0 aliphatic rings. The molecule has 132 valence electrons. The number of hydrogen-bond acceptors (Lipinski definition) is 9. The maximum atomic E-state index is 5.71. The third-order valence-electron chi connectivity index (χ3n) is 3.40. The predicted octanol–water partition coefficient (Wildman–Crippen LogP) is 2.44. The molecule has 0 amide bonds. The summed E-state index contributed by atoms with van der Waals surface area (Å²) in [5, 5.41) is 20.3. The van der Waals surface area contributed by atoms with Gasteiger partial charge in [0.1, 0.15) is 0 Å². The monoisotopic (exact) mass is 362 g/mol. The van der Waals surface area contributed by atoms with Crippen molar-refractivity contribution in [1.82, 2.24) is 30.4 Å². The lowest BCUT2D eigenvalue weighted by Gasteiger charge is -2.07. The van der Waals surface area contributed by atoms with Crippen molar-refractivity contribution < 1.29 is 13.9 Å². The lowest BCUT2D eigenvalue weighted by Crippen LogP contribution is -2.04. The molecule has 0 fully saturated rings. The molecular weight excluding hydrogens is 344 g/mol. The molecule has 0 aliphatic carbocycles. The highest BCUT2D eigenvalue weighted by Crippen LogP contribution is 2.32. The molecular formula is C15H18N6O3S. The number of benzene rings is 1. The van der Waals surface area contributed by atoms with Crippen molar-refractivity contribution in [3.8, 4) is 23.0 Å². The van der Waals surface area contributed by atoms with E-state index in [0.29, 0.717) is 28.4 Å². The number of nitrogens with zero attached hydrogens (tertiary/aromatic N) is 6. The zero-order chi connectivity index (χ0) is 17.6. The van der Waals surface area contributed by atoms with E-state index < -0.39 is 0 Å². The number of ether oxygens (including phenoxy) is 2. The molecule has 0 saturated carbocycles. The summed E-state index contributed by atoms with van der Waals surface area (Å²) in [6, 6.07) is 5.43. The summed E-state index contributed by atoms with van der Waals surface area (Å²) < 4.78 is 18.0. The summed E-state index contributed by atoms with van der Waals surface area (Å²) in [5.41, 5.74) is 0.757. The average Bonchev–Trinajstić information content (AvgIpc) is 3.29. The van der Waals surface area contributed by atoms with Crippen molar-refractivity contribution in [2.24, 2.45) is 0 Å². The summed E-state index contributed by atoms with van der Waals surface area (Å²) in [7, 11) is 3.17. The molecule has 2 heterocycles. The zero-order valence-electron chi connectivity index (χ0n) is 14.2. The zero-order valence-corrected chi connectivity index (χ0v) is 15.0. The van der Waals surface area contributed by atoms with Crippen LogP contribution in [0.3, 0.4) is 0 Å². The van der Waals surface area contributed by atoms with Crippen molar-refractivity contribution in [2.45, 2.75) is 30.9 Å². The molecule has 0 aliphatic heterocycles. The maximum absolute atomic E-state index is 5.71. The highest BCUT2D eigenvalue weighted by Gasteiger charge is 2.14. The van der Waals surface area contributed by atoms with Gasteiger partial charge in [-0.05, 0) is 35.0 Å². The third kappa shape index (κ3) is 3.90. The van der Waals surface area contributed by atoms with Crippen molar-refractivity contribution >= 4 is 11.8 Å². The number of tetrazole rings is 1. The molecule has 9 nitrogen and oxygen atoms in total. The highest BCUT2D eigenvalue weighted by atomic mass is 32.2. The Hall–Kier alpha value is -2.62. The first-order valence-corrected chi connectivity index (χ1v) is 8.67. The average molecular weight is 362 g/mol. The van der Waals surface area contributed by atoms with E-state index in [4.69, 9.17) is 13.9 Å². The molecule has 0 atom stereocenters. The minimum absolute atomic E-state index is 0.414. The van der Waals surface area contributed by atoms with E-state index in [1.807, 2.05) is 6.07 Å². The van der Waals surface area contributed by atoms with Gasteiger partial charge in [0.25, 0.3) is 5.22 Å². The Balaban J connectivity index is 1.71. The smallest absolute Gasteiger partial charge is 0.277 e. The Bertz CT molecular complexity index is 834. The summed E-state index contributed by atoms with van der Waals surface area (Å²) in [6.45, 7) is 2.86. The first-order chi connectivity index (χ1) is 12.2. The number of aromatic nitrogens is 6. The second-order valence-corrected chi connectivity index (χ2v) is 5.98. The molecule has 0 bridgehead atoms. The van der Waals surface area contributed by atoms with Crippen LogP contribution in [0.15, 0.2) is 27.8 Å². The van der Waals surface area contributed by atoms with E-state index in [0.717, 1.165) is 24.4 Å². The molecule has 0 N–H and O–H groups in total. The van der Waals surface area contributed by atoms with E-state index in [2.05, 4.69) is 32.6 Å². The Morgan fingerprint density at radius 3 is 2.72 bits per heavy atom. The Morgan fingerprint density at radius 2 is 1.96 bits per heavy atom. The van der Waals surface area contributed by atoms with Crippen LogP contribution in [0.2, 0.25) is 0 Å². The molecule has 25 heavy (non-hydrogen) atoms. The Labute approximate surface area is 148 Å². The van der Waals surface area contributed by atoms with Crippen molar-refractivity contribution in [2.75, 3.05) is 14.2 Å². The lowest BCUT2D eigenvalue weighted by molar-refractivity contribution is 0.355. The number of aryl methyl sites for hydroxylation is 1. The number of methoxy groups -OCH3 is 2. The molecule has 0 unspecified atom stereocenters. The van der Waals surface area contributed by atoms with Gasteiger partial charge in [-0.3, -0.25) is 0 Å². The molecule has 10 heteroatoms. The van der Waals surface area contributed by atoms with Crippen LogP contribution in [-0.4, -0.2) is 44.6 Å². The van der Waals surface area contributed by atoms with Gasteiger partial charge in [0.15, 0.2) is 17.3 Å². The van der Waals surface area contributed by atoms with Gasteiger partial charge >= 0.3 is 0 Å². The normalized spacial score (nSPS) is 10.8. The summed E-state index contributed by atoms with van der Waals surface area (Å²) in [6.07, 6.45) is 0.965. The third-order valence-corrected chi connectivity index (χ3v) is 4.22. The molecule has 3 rings (SSSR count). The van der Waals surface area contributed by atoms with Gasteiger partial charge < -0.3 is 13.9 Å². The van der Waals surface area contributed by atoms with E-state index in [1.54, 1.807) is 31.0 Å². The van der Waals surface area contributed by atoms with Crippen molar-refractivity contribution in [3.63, 3.8) is 0 Å². The fourth-order valence-corrected chi connectivity index (χ4v) is 2.89. The number of thioether (sulfide) groups is 1. The molecule has 0 spiro atoms. The van der Waals surface area contributed by atoms with Crippen molar-refractivity contribution in [1.29, 1.82) is 0 Å². The quantitative estimate of drug-likeness (QED) is 0.559. The Kier molecular flexibility index (Phi) is 5.49. The van der Waals surface area contributed by atoms with Crippen LogP contribution < -0.4 is 9.47 Å². The van der Waals surface area contributed by atoms with Gasteiger partial charge in [0.05, 0.1) is 20.0 Å². The summed E-state index contributed by atoms with van der Waals surface area (Å²) in [5.74, 6) is 2.99. The van der Waals surface area contributed by atoms with Crippen LogP contribution in [0.1, 0.15) is 19.2 Å². The second kappa shape index (κ2) is 7.97. The SMILES string of the molecule is CCCn1nnnc1CSc1nnc(-c2ccc(OC)c(OC)c2)o1. The first-order valence-electron chi connectivity index (χ1n) is 7.69. The van der Waals surface area contributed by atoms with Gasteiger partial charge in [-0.25, -0.2) is 4.68 Å². The lowest BCUT2D eigenvalue weighted by atomic mass is 10.2. The Morgan fingerprint density at radius 1 is 1.12 bits per heavy atom. The van der Waals surface area contributed by atoms with Gasteiger partial charge in [0, 0.05) is 12.1 Å². The topological polar surface area (TPSA) is 101 Å². The van der Waals surface area contributed by atoms with Crippen LogP contribution in [-0.2, 0) is 12.3 Å². The number of rotatable bonds is 8.